The Bertz CT molecular complexity index is 411. The van der Waals surface area contributed by atoms with E-state index in [1.165, 1.54) is 0 Å². The van der Waals surface area contributed by atoms with E-state index in [1.54, 1.807) is 0 Å². The Kier molecular flexibility index (Phi) is 5.83. The molecule has 1 aromatic rings. The third-order valence-corrected chi connectivity index (χ3v) is 3.82. The van der Waals surface area contributed by atoms with Crippen LogP contribution in [0.3, 0.4) is 0 Å². The molecule has 0 aliphatic carbocycles. The number of hydrogen-bond donors (Lipinski definition) is 1. The second kappa shape index (κ2) is 7.62. The Hall–Kier alpha value is -1.10. The molecule has 1 aromatic carbocycles. The minimum absolute atomic E-state index is 0.485. The zero-order chi connectivity index (χ0) is 14.4. The number of β-amino-alcohol motifs (C(OH)–C–C–N with tert-alkyl or cyclic N) is 1. The van der Waals surface area contributed by atoms with Crippen LogP contribution in [0.5, 0.6) is 5.75 Å². The van der Waals surface area contributed by atoms with Crippen molar-refractivity contribution in [1.82, 2.24) is 9.80 Å². The van der Waals surface area contributed by atoms with Crippen LogP contribution in [0.1, 0.15) is 25.0 Å². The molecule has 1 N–H and O–H groups in total. The van der Waals surface area contributed by atoms with Gasteiger partial charge >= 0.3 is 0 Å². The summed E-state index contributed by atoms with van der Waals surface area (Å²) in [7, 11) is 2.16. The summed E-state index contributed by atoms with van der Waals surface area (Å²) < 4.78 is 5.60. The quantitative estimate of drug-likeness (QED) is 0.890. The van der Waals surface area contributed by atoms with Crippen molar-refractivity contribution < 1.29 is 9.84 Å². The molecule has 20 heavy (non-hydrogen) atoms. The van der Waals surface area contributed by atoms with E-state index in [1.807, 2.05) is 31.2 Å². The van der Waals surface area contributed by atoms with Crippen LogP contribution in [-0.4, -0.2) is 61.3 Å². The van der Waals surface area contributed by atoms with Crippen LogP contribution >= 0.6 is 0 Å². The Morgan fingerprint density at radius 2 is 2.00 bits per heavy atom. The lowest BCUT2D eigenvalue weighted by Gasteiger charge is -2.24. The highest BCUT2D eigenvalue weighted by Gasteiger charge is 2.19. The Morgan fingerprint density at radius 1 is 1.20 bits per heavy atom. The lowest BCUT2D eigenvalue weighted by Crippen LogP contribution is -2.32. The van der Waals surface area contributed by atoms with Gasteiger partial charge in [-0.15, -0.1) is 0 Å². The average molecular weight is 278 g/mol. The van der Waals surface area contributed by atoms with Crippen LogP contribution in [-0.2, 0) is 0 Å². The number of aliphatic hydroxyl groups excluding tert-OH is 1. The largest absolute Gasteiger partial charge is 0.493 e. The van der Waals surface area contributed by atoms with Crippen LogP contribution in [0.4, 0.5) is 0 Å². The Labute approximate surface area is 122 Å². The van der Waals surface area contributed by atoms with Gasteiger partial charge in [-0.3, -0.25) is 4.90 Å². The van der Waals surface area contributed by atoms with Crippen molar-refractivity contribution in [2.24, 2.45) is 0 Å². The fraction of sp³-hybridized carbons (Fsp3) is 0.625. The maximum atomic E-state index is 10.5. The third kappa shape index (κ3) is 4.20. The standard InChI is InChI=1S/C16H26N2O2/c1-3-20-16-8-5-4-7-14(16)15(19)13-18-10-6-9-17(2)11-12-18/h4-5,7-8,15,19H,3,6,9-13H2,1-2H3. The molecule has 2 rings (SSSR count). The monoisotopic (exact) mass is 278 g/mol. The van der Waals surface area contributed by atoms with Crippen LogP contribution < -0.4 is 4.74 Å². The van der Waals surface area contributed by atoms with Gasteiger partial charge < -0.3 is 14.7 Å². The molecule has 112 valence electrons. The molecule has 1 aliphatic heterocycles. The molecule has 1 aliphatic rings. The molecule has 0 bridgehead atoms. The lowest BCUT2D eigenvalue weighted by atomic mass is 10.1. The van der Waals surface area contributed by atoms with E-state index in [2.05, 4.69) is 16.8 Å². The molecule has 0 radical (unpaired) electrons. The van der Waals surface area contributed by atoms with Crippen molar-refractivity contribution in [1.29, 1.82) is 0 Å². The van der Waals surface area contributed by atoms with E-state index in [-0.39, 0.29) is 0 Å². The van der Waals surface area contributed by atoms with E-state index in [0.717, 1.165) is 43.9 Å². The second-order valence-electron chi connectivity index (χ2n) is 5.44. The van der Waals surface area contributed by atoms with E-state index in [9.17, 15) is 5.11 Å². The smallest absolute Gasteiger partial charge is 0.125 e. The summed E-state index contributed by atoms with van der Waals surface area (Å²) in [5.41, 5.74) is 0.895. The zero-order valence-corrected chi connectivity index (χ0v) is 12.6. The highest BCUT2D eigenvalue weighted by atomic mass is 16.5. The van der Waals surface area contributed by atoms with E-state index < -0.39 is 6.10 Å². The number of likely N-dealkylation sites (N-methyl/N-ethyl adjacent to an activating group) is 1. The van der Waals surface area contributed by atoms with Crippen molar-refractivity contribution in [2.75, 3.05) is 46.4 Å². The van der Waals surface area contributed by atoms with Gasteiger partial charge in [0.15, 0.2) is 0 Å². The summed E-state index contributed by atoms with van der Waals surface area (Å²) in [4.78, 5) is 4.69. The fourth-order valence-corrected chi connectivity index (χ4v) is 2.67. The molecular weight excluding hydrogens is 252 g/mol. The molecule has 1 unspecified atom stereocenters. The predicted octanol–water partition coefficient (Wildman–Crippen LogP) is 1.76. The summed E-state index contributed by atoms with van der Waals surface area (Å²) >= 11 is 0. The van der Waals surface area contributed by atoms with Crippen molar-refractivity contribution in [3.8, 4) is 5.75 Å². The predicted molar refractivity (Wildman–Crippen MR) is 81.1 cm³/mol. The molecule has 0 amide bonds. The van der Waals surface area contributed by atoms with Crippen LogP contribution in [0.25, 0.3) is 0 Å². The summed E-state index contributed by atoms with van der Waals surface area (Å²) in [6, 6.07) is 7.79. The van der Waals surface area contributed by atoms with Gasteiger partial charge in [-0.1, -0.05) is 18.2 Å². The van der Waals surface area contributed by atoms with Gasteiger partial charge in [-0.25, -0.2) is 0 Å². The zero-order valence-electron chi connectivity index (χ0n) is 12.6. The molecular formula is C16H26N2O2. The minimum Gasteiger partial charge on any atom is -0.493 e. The highest BCUT2D eigenvalue weighted by molar-refractivity contribution is 5.35. The van der Waals surface area contributed by atoms with Gasteiger partial charge in [0, 0.05) is 25.2 Å². The molecule has 0 saturated carbocycles. The number of nitrogens with zero attached hydrogens (tertiary/aromatic N) is 2. The normalized spacial score (nSPS) is 19.6. The van der Waals surface area contributed by atoms with Gasteiger partial charge in [0.25, 0.3) is 0 Å². The second-order valence-corrected chi connectivity index (χ2v) is 5.44. The van der Waals surface area contributed by atoms with Crippen LogP contribution in [0.2, 0.25) is 0 Å². The maximum Gasteiger partial charge on any atom is 0.125 e. The molecule has 1 atom stereocenters. The summed E-state index contributed by atoms with van der Waals surface area (Å²) in [5.74, 6) is 0.800. The molecule has 4 nitrogen and oxygen atoms in total. The summed E-state index contributed by atoms with van der Waals surface area (Å²) in [6.07, 6.45) is 0.678. The summed E-state index contributed by atoms with van der Waals surface area (Å²) in [6.45, 7) is 7.55. The van der Waals surface area contributed by atoms with Crippen molar-refractivity contribution in [3.05, 3.63) is 29.8 Å². The first kappa shape index (κ1) is 15.3. The average Bonchev–Trinajstić information content (AvgIpc) is 2.65. The van der Waals surface area contributed by atoms with Gasteiger partial charge in [-0.05, 0) is 39.5 Å². The lowest BCUT2D eigenvalue weighted by molar-refractivity contribution is 0.112. The van der Waals surface area contributed by atoms with Gasteiger partial charge in [0.05, 0.1) is 12.7 Å². The number of hydrogen-bond acceptors (Lipinski definition) is 4. The SMILES string of the molecule is CCOc1ccccc1C(O)CN1CCCN(C)CC1. The number of rotatable bonds is 5. The number of para-hydroxylation sites is 1. The number of benzene rings is 1. The Morgan fingerprint density at radius 3 is 2.80 bits per heavy atom. The minimum atomic E-state index is -0.485. The first-order valence-corrected chi connectivity index (χ1v) is 7.51. The van der Waals surface area contributed by atoms with Gasteiger partial charge in [0.2, 0.25) is 0 Å². The molecule has 1 fully saturated rings. The van der Waals surface area contributed by atoms with E-state index in [4.69, 9.17) is 4.74 Å². The Balaban J connectivity index is 1.98. The van der Waals surface area contributed by atoms with E-state index in [0.29, 0.717) is 13.2 Å². The molecule has 1 saturated heterocycles. The first-order chi connectivity index (χ1) is 9.70. The number of ether oxygens (including phenoxy) is 1. The molecule has 1 heterocycles. The van der Waals surface area contributed by atoms with Crippen molar-refractivity contribution >= 4 is 0 Å². The number of aliphatic hydroxyl groups is 1. The van der Waals surface area contributed by atoms with Crippen LogP contribution in [0.15, 0.2) is 24.3 Å². The molecule has 0 aromatic heterocycles. The maximum absolute atomic E-state index is 10.5. The van der Waals surface area contributed by atoms with Gasteiger partial charge in [0.1, 0.15) is 5.75 Å². The van der Waals surface area contributed by atoms with Crippen molar-refractivity contribution in [2.45, 2.75) is 19.4 Å². The fourth-order valence-electron chi connectivity index (χ4n) is 2.67. The van der Waals surface area contributed by atoms with Crippen molar-refractivity contribution in [3.63, 3.8) is 0 Å². The van der Waals surface area contributed by atoms with Gasteiger partial charge in [-0.2, -0.15) is 0 Å². The summed E-state index contributed by atoms with van der Waals surface area (Å²) in [5, 5.41) is 10.5. The topological polar surface area (TPSA) is 35.9 Å². The molecule has 0 spiro atoms. The third-order valence-electron chi connectivity index (χ3n) is 3.82. The van der Waals surface area contributed by atoms with Crippen LogP contribution in [0, 0.1) is 0 Å². The molecule has 4 heteroatoms. The highest BCUT2D eigenvalue weighted by Crippen LogP contribution is 2.25. The van der Waals surface area contributed by atoms with E-state index >= 15 is 0 Å². The first-order valence-electron chi connectivity index (χ1n) is 7.51.